The molecule has 0 aliphatic rings. The zero-order chi connectivity index (χ0) is 17.0. The van der Waals surface area contributed by atoms with E-state index in [1.54, 1.807) is 60.7 Å². The van der Waals surface area contributed by atoms with Crippen molar-refractivity contribution in [2.45, 2.75) is 5.25 Å². The van der Waals surface area contributed by atoms with Crippen LogP contribution < -0.4 is 5.72 Å². The van der Waals surface area contributed by atoms with Crippen LogP contribution in [0.2, 0.25) is 2.82 Å². The van der Waals surface area contributed by atoms with E-state index in [0.29, 0.717) is 11.1 Å². The average Bonchev–Trinajstić information content (AvgIpc) is 2.56. The summed E-state index contributed by atoms with van der Waals surface area (Å²) >= 11 is 0. The molecule has 3 nitrogen and oxygen atoms in total. The van der Waals surface area contributed by atoms with Crippen LogP contribution in [0.1, 0.15) is 19.1 Å². The van der Waals surface area contributed by atoms with Crippen molar-refractivity contribution in [3.05, 3.63) is 71.8 Å². The van der Waals surface area contributed by atoms with Crippen molar-refractivity contribution in [2.24, 2.45) is 5.72 Å². The minimum atomic E-state index is -2.85. The van der Waals surface area contributed by atoms with Crippen LogP contribution in [-0.4, -0.2) is 15.8 Å². The molecule has 0 saturated heterocycles. The third-order valence-corrected chi connectivity index (χ3v) is 3.95. The highest BCUT2D eigenvalue weighted by Gasteiger charge is 2.22. The summed E-state index contributed by atoms with van der Waals surface area (Å²) in [5.41, 5.74) is -2.03. The standard InChI is InChI=1S/C15H15NO2S/c16-14(17)11-19(18)15(12-7-3-1-4-8-12)13-9-5-2-6-10-13/h1-10,15H,11H2,(H2,16,17)/i11D2/hD2. The van der Waals surface area contributed by atoms with Crippen LogP contribution in [0.4, 0.5) is 0 Å². The summed E-state index contributed by atoms with van der Waals surface area (Å²) in [4.78, 5) is 11.8. The van der Waals surface area contributed by atoms with Crippen LogP contribution in [0.5, 0.6) is 0 Å². The lowest BCUT2D eigenvalue weighted by atomic mass is 10.0. The topological polar surface area (TPSA) is 60.2 Å². The molecule has 0 heterocycles. The number of nitrogens with two attached hydrogens (primary N) is 1. The van der Waals surface area contributed by atoms with Gasteiger partial charge in [-0.15, -0.1) is 0 Å². The second kappa shape index (κ2) is 6.29. The predicted octanol–water partition coefficient (Wildman–Crippen LogP) is 2.01. The molecule has 0 aliphatic carbocycles. The maximum absolute atomic E-state index is 12.8. The lowest BCUT2D eigenvalue weighted by molar-refractivity contribution is -0.115. The van der Waals surface area contributed by atoms with Gasteiger partial charge in [-0.05, 0) is 11.1 Å². The van der Waals surface area contributed by atoms with Gasteiger partial charge in [0.05, 0.1) is 7.99 Å². The summed E-state index contributed by atoms with van der Waals surface area (Å²) in [6, 6.07) is 17.3. The van der Waals surface area contributed by atoms with E-state index in [1.807, 2.05) is 0 Å². The van der Waals surface area contributed by atoms with Crippen molar-refractivity contribution in [3.63, 3.8) is 0 Å². The van der Waals surface area contributed by atoms with Crippen molar-refractivity contribution in [1.29, 1.82) is 0 Å². The van der Waals surface area contributed by atoms with E-state index < -0.39 is 27.7 Å². The van der Waals surface area contributed by atoms with Crippen molar-refractivity contribution in [3.8, 4) is 0 Å². The number of rotatable bonds is 5. The molecule has 0 bridgehead atoms. The number of carbonyl (C=O) groups is 1. The molecule has 0 radical (unpaired) electrons. The van der Waals surface area contributed by atoms with Gasteiger partial charge in [-0.3, -0.25) is 9.00 Å². The summed E-state index contributed by atoms with van der Waals surface area (Å²) in [7, 11) is -2.32. The highest BCUT2D eigenvalue weighted by molar-refractivity contribution is 7.86. The Kier molecular flexibility index (Phi) is 2.99. The van der Waals surface area contributed by atoms with Gasteiger partial charge < -0.3 is 5.72 Å². The van der Waals surface area contributed by atoms with Gasteiger partial charge >= 0.3 is 0 Å². The molecular formula is C15H15NO2S. The van der Waals surface area contributed by atoms with E-state index in [9.17, 15) is 9.00 Å². The molecule has 0 aliphatic heterocycles. The number of hydrogen-bond acceptors (Lipinski definition) is 2. The van der Waals surface area contributed by atoms with Crippen LogP contribution >= 0.6 is 0 Å². The molecule has 19 heavy (non-hydrogen) atoms. The highest BCUT2D eigenvalue weighted by Crippen LogP contribution is 2.27. The number of primary amides is 1. The second-order valence-corrected chi connectivity index (χ2v) is 5.18. The van der Waals surface area contributed by atoms with Gasteiger partial charge in [0, 0.05) is 10.8 Å². The molecular weight excluding hydrogens is 258 g/mol. The first-order chi connectivity index (χ1) is 10.9. The Bertz CT molecular complexity index is 656. The van der Waals surface area contributed by atoms with Gasteiger partial charge in [0.1, 0.15) is 5.70 Å². The number of hydrogen-bond donors (Lipinski definition) is 1. The largest absolute Gasteiger partial charge is 0.369 e. The van der Waals surface area contributed by atoms with Crippen molar-refractivity contribution in [2.75, 3.05) is 5.70 Å². The molecule has 0 aromatic heterocycles. The molecule has 1 unspecified atom stereocenters. The predicted molar refractivity (Wildman–Crippen MR) is 76.9 cm³/mol. The maximum atomic E-state index is 12.8. The number of benzene rings is 2. The SMILES string of the molecule is [2H]N([2H])C(=O)C([2H])([2H])S(=O)C(c1ccccc1)c1ccccc1. The Morgan fingerprint density at radius 3 is 2.00 bits per heavy atom. The van der Waals surface area contributed by atoms with E-state index in [1.165, 1.54) is 0 Å². The van der Waals surface area contributed by atoms with Gasteiger partial charge in [0.15, 0.2) is 2.82 Å². The zero-order valence-electron chi connectivity index (χ0n) is 14.0. The monoisotopic (exact) mass is 277 g/mol. The molecule has 2 aromatic carbocycles. The van der Waals surface area contributed by atoms with Crippen molar-refractivity contribution in [1.82, 2.24) is 0 Å². The summed E-state index contributed by atoms with van der Waals surface area (Å²) < 4.78 is 42.4. The summed E-state index contributed by atoms with van der Waals surface area (Å²) in [6.45, 7) is 0. The zero-order valence-corrected chi connectivity index (χ0v) is 10.8. The van der Waals surface area contributed by atoms with Gasteiger partial charge in [-0.25, -0.2) is 0 Å². The fourth-order valence-corrected chi connectivity index (χ4v) is 2.94. The first-order valence-electron chi connectivity index (χ1n) is 7.58. The smallest absolute Gasteiger partial charge is 0.230 e. The minimum Gasteiger partial charge on any atom is -0.369 e. The second-order valence-electron chi connectivity index (χ2n) is 3.91. The van der Waals surface area contributed by atoms with E-state index in [0.717, 1.165) is 0 Å². The van der Waals surface area contributed by atoms with Crippen LogP contribution in [-0.2, 0) is 15.6 Å². The number of carbonyl (C=O) groups excluding carboxylic acids is 1. The van der Waals surface area contributed by atoms with E-state index in [-0.39, 0.29) is 5.72 Å². The summed E-state index contributed by atoms with van der Waals surface area (Å²) in [6.07, 6.45) is 0. The number of amides is 1. The third kappa shape index (κ3) is 3.51. The molecule has 98 valence electrons. The van der Waals surface area contributed by atoms with Crippen molar-refractivity contribution >= 4 is 16.7 Å². The molecule has 1 atom stereocenters. The first-order valence-corrected chi connectivity index (χ1v) is 6.90. The van der Waals surface area contributed by atoms with E-state index in [4.69, 9.17) is 5.57 Å². The molecule has 2 N–H and O–H groups in total. The summed E-state index contributed by atoms with van der Waals surface area (Å²) in [5, 5.41) is -0.878. The van der Waals surface area contributed by atoms with Crippen LogP contribution in [0.25, 0.3) is 0 Å². The third-order valence-electron chi connectivity index (χ3n) is 2.61. The molecule has 1 amide bonds. The lowest BCUT2D eigenvalue weighted by Gasteiger charge is -2.16. The normalized spacial score (nSPS) is 15.8. The Labute approximate surface area is 120 Å². The molecule has 0 saturated carbocycles. The molecule has 0 fully saturated rings. The maximum Gasteiger partial charge on any atom is 0.230 e. The van der Waals surface area contributed by atoms with E-state index in [2.05, 4.69) is 0 Å². The van der Waals surface area contributed by atoms with Crippen molar-refractivity contribution < 1.29 is 14.6 Å². The Balaban J connectivity index is 2.51. The van der Waals surface area contributed by atoms with Gasteiger partial charge in [-0.2, -0.15) is 0 Å². The van der Waals surface area contributed by atoms with Gasteiger partial charge in [-0.1, -0.05) is 60.7 Å². The molecule has 2 aromatic rings. The van der Waals surface area contributed by atoms with Crippen LogP contribution in [0.15, 0.2) is 60.7 Å². The minimum absolute atomic E-state index is 0.370. The fourth-order valence-electron chi connectivity index (χ4n) is 1.84. The summed E-state index contributed by atoms with van der Waals surface area (Å²) in [5.74, 6) is -1.47. The average molecular weight is 277 g/mol. The Morgan fingerprint density at radius 2 is 1.58 bits per heavy atom. The Hall–Kier alpha value is -1.94. The first kappa shape index (κ1) is 9.04. The van der Waals surface area contributed by atoms with E-state index >= 15 is 0 Å². The molecule has 2 rings (SSSR count). The highest BCUT2D eigenvalue weighted by atomic mass is 32.2. The van der Waals surface area contributed by atoms with Gasteiger partial charge in [0.2, 0.25) is 5.91 Å². The molecule has 0 spiro atoms. The van der Waals surface area contributed by atoms with Crippen LogP contribution in [0, 0.1) is 0 Å². The fraction of sp³-hybridized carbons (Fsp3) is 0.133. The lowest BCUT2D eigenvalue weighted by Crippen LogP contribution is -2.23. The van der Waals surface area contributed by atoms with Crippen LogP contribution in [0.3, 0.4) is 0 Å². The molecule has 4 heteroatoms. The van der Waals surface area contributed by atoms with Gasteiger partial charge in [0.25, 0.3) is 0 Å². The quantitative estimate of drug-likeness (QED) is 0.908. The Morgan fingerprint density at radius 1 is 1.11 bits per heavy atom.